The van der Waals surface area contributed by atoms with Crippen LogP contribution in [0.4, 0.5) is 13.2 Å². The van der Waals surface area contributed by atoms with Crippen molar-refractivity contribution in [1.29, 1.82) is 5.26 Å². The van der Waals surface area contributed by atoms with Gasteiger partial charge in [-0.25, -0.2) is 4.39 Å². The molecular weight excluding hydrogens is 333 g/mol. The lowest BCUT2D eigenvalue weighted by Gasteiger charge is -2.10. The number of hydrogen-bond acceptors (Lipinski definition) is 3. The Morgan fingerprint density at radius 3 is 2.32 bits per heavy atom. The van der Waals surface area contributed by atoms with Crippen LogP contribution >= 0.6 is 0 Å². The van der Waals surface area contributed by atoms with E-state index in [2.05, 4.69) is 10.1 Å². The van der Waals surface area contributed by atoms with Crippen LogP contribution in [0.2, 0.25) is 0 Å². The van der Waals surface area contributed by atoms with Crippen molar-refractivity contribution in [1.82, 2.24) is 5.32 Å². The van der Waals surface area contributed by atoms with E-state index >= 15 is 0 Å². The monoisotopic (exact) mass is 346 g/mol. The zero-order valence-electron chi connectivity index (χ0n) is 12.8. The third-order valence-electron chi connectivity index (χ3n) is 3.15. The topological polar surface area (TPSA) is 62.1 Å². The van der Waals surface area contributed by atoms with Gasteiger partial charge in [0.05, 0.1) is 6.07 Å². The summed E-state index contributed by atoms with van der Waals surface area (Å²) in [5, 5.41) is 11.6. The van der Waals surface area contributed by atoms with E-state index in [1.807, 2.05) is 6.07 Å². The van der Waals surface area contributed by atoms with Gasteiger partial charge in [0.15, 0.2) is 0 Å². The first kappa shape index (κ1) is 18.1. The highest BCUT2D eigenvalue weighted by atomic mass is 19.3. The molecule has 128 valence electrons. The molecule has 2 aromatic carbocycles. The Morgan fingerprint density at radius 1 is 1.12 bits per heavy atom. The van der Waals surface area contributed by atoms with Crippen LogP contribution in [0.1, 0.15) is 17.2 Å². The quantitative estimate of drug-likeness (QED) is 0.809. The summed E-state index contributed by atoms with van der Waals surface area (Å²) in [7, 11) is 0. The number of ether oxygens (including phenoxy) is 1. The first-order chi connectivity index (χ1) is 12.0. The van der Waals surface area contributed by atoms with Crippen molar-refractivity contribution in [3.05, 3.63) is 71.6 Å². The molecule has 2 aromatic rings. The number of nitrogens with one attached hydrogen (secondary N) is 1. The molecular formula is C18H13F3N2O2. The minimum Gasteiger partial charge on any atom is -0.435 e. The van der Waals surface area contributed by atoms with E-state index in [1.165, 1.54) is 60.7 Å². The van der Waals surface area contributed by atoms with Gasteiger partial charge >= 0.3 is 6.61 Å². The number of amides is 1. The van der Waals surface area contributed by atoms with E-state index in [1.54, 1.807) is 0 Å². The van der Waals surface area contributed by atoms with E-state index < -0.39 is 24.4 Å². The lowest BCUT2D eigenvalue weighted by atomic mass is 10.1. The smallest absolute Gasteiger partial charge is 0.387 e. The summed E-state index contributed by atoms with van der Waals surface area (Å²) >= 11 is 0. The summed E-state index contributed by atoms with van der Waals surface area (Å²) in [6, 6.07) is 11.9. The van der Waals surface area contributed by atoms with Gasteiger partial charge < -0.3 is 10.1 Å². The third kappa shape index (κ3) is 5.70. The van der Waals surface area contributed by atoms with Gasteiger partial charge in [-0.2, -0.15) is 14.0 Å². The fourth-order valence-corrected chi connectivity index (χ4v) is 1.97. The second-order valence-electron chi connectivity index (χ2n) is 4.90. The Morgan fingerprint density at radius 2 is 1.76 bits per heavy atom. The second kappa shape index (κ2) is 8.55. The molecule has 7 heteroatoms. The summed E-state index contributed by atoms with van der Waals surface area (Å²) in [6.45, 7) is -2.90. The maximum atomic E-state index is 12.9. The summed E-state index contributed by atoms with van der Waals surface area (Å²) < 4.78 is 41.2. The number of benzene rings is 2. The Hall–Kier alpha value is -3.27. The van der Waals surface area contributed by atoms with Crippen molar-refractivity contribution in [2.24, 2.45) is 0 Å². The number of carbonyl (C=O) groups excluding carboxylic acids is 1. The molecule has 2 rings (SSSR count). The third-order valence-corrected chi connectivity index (χ3v) is 3.15. The van der Waals surface area contributed by atoms with Gasteiger partial charge in [0, 0.05) is 6.08 Å². The molecule has 0 spiro atoms. The SMILES string of the molecule is N#C[C@H](NC(=O)/C=C/c1ccc(OC(F)F)cc1)c1ccc(F)cc1. The fourth-order valence-electron chi connectivity index (χ4n) is 1.97. The predicted molar refractivity (Wildman–Crippen MR) is 85.0 cm³/mol. The Bertz CT molecular complexity index is 781. The highest BCUT2D eigenvalue weighted by Gasteiger charge is 2.12. The summed E-state index contributed by atoms with van der Waals surface area (Å²) in [4.78, 5) is 11.9. The van der Waals surface area contributed by atoms with Crippen LogP contribution in [0, 0.1) is 17.1 Å². The molecule has 0 aromatic heterocycles. The van der Waals surface area contributed by atoms with Crippen LogP contribution in [-0.4, -0.2) is 12.5 Å². The van der Waals surface area contributed by atoms with Crippen LogP contribution in [0.5, 0.6) is 5.75 Å². The van der Waals surface area contributed by atoms with Gasteiger partial charge in [0.2, 0.25) is 5.91 Å². The molecule has 0 bridgehead atoms. The molecule has 0 aliphatic carbocycles. The van der Waals surface area contributed by atoms with Crippen LogP contribution in [0.15, 0.2) is 54.6 Å². The van der Waals surface area contributed by atoms with Gasteiger partial charge in [0.1, 0.15) is 17.6 Å². The molecule has 0 aliphatic rings. The molecule has 0 fully saturated rings. The summed E-state index contributed by atoms with van der Waals surface area (Å²) in [5.41, 5.74) is 1.05. The fraction of sp³-hybridized carbons (Fsp3) is 0.111. The number of hydrogen-bond donors (Lipinski definition) is 1. The normalized spacial score (nSPS) is 12.0. The largest absolute Gasteiger partial charge is 0.435 e. The Kier molecular flexibility index (Phi) is 6.18. The Balaban J connectivity index is 1.97. The number of rotatable bonds is 6. The molecule has 0 unspecified atom stereocenters. The zero-order valence-corrected chi connectivity index (χ0v) is 12.8. The van der Waals surface area contributed by atoms with Gasteiger partial charge in [-0.05, 0) is 41.5 Å². The van der Waals surface area contributed by atoms with Crippen LogP contribution in [0.3, 0.4) is 0 Å². The molecule has 25 heavy (non-hydrogen) atoms. The standard InChI is InChI=1S/C18H13F3N2O2/c19-14-6-4-13(5-7-14)16(11-22)23-17(24)10-3-12-1-8-15(9-2-12)25-18(20)21/h1-10,16,18H,(H,23,24)/b10-3+/t16-/m0/s1. The number of carbonyl (C=O) groups is 1. The average Bonchev–Trinajstić information content (AvgIpc) is 2.59. The number of alkyl halides is 2. The lowest BCUT2D eigenvalue weighted by molar-refractivity contribution is -0.116. The molecule has 1 atom stereocenters. The highest BCUT2D eigenvalue weighted by Crippen LogP contribution is 2.16. The molecule has 1 N–H and O–H groups in total. The van der Waals surface area contributed by atoms with E-state index in [0.29, 0.717) is 11.1 Å². The molecule has 0 saturated heterocycles. The van der Waals surface area contributed by atoms with E-state index in [9.17, 15) is 18.0 Å². The summed E-state index contributed by atoms with van der Waals surface area (Å²) in [6.07, 6.45) is 2.66. The van der Waals surface area contributed by atoms with Gasteiger partial charge in [-0.15, -0.1) is 0 Å². The van der Waals surface area contributed by atoms with Crippen molar-refractivity contribution in [3.8, 4) is 11.8 Å². The first-order valence-corrected chi connectivity index (χ1v) is 7.16. The average molecular weight is 346 g/mol. The van der Waals surface area contributed by atoms with Gasteiger partial charge in [-0.3, -0.25) is 4.79 Å². The maximum Gasteiger partial charge on any atom is 0.387 e. The van der Waals surface area contributed by atoms with Crippen molar-refractivity contribution in [2.75, 3.05) is 0 Å². The molecule has 0 radical (unpaired) electrons. The maximum absolute atomic E-state index is 12.9. The minimum absolute atomic E-state index is 0.0115. The molecule has 0 heterocycles. The number of nitrogens with zero attached hydrogens (tertiary/aromatic N) is 1. The molecule has 0 saturated carbocycles. The number of nitriles is 1. The highest BCUT2D eigenvalue weighted by molar-refractivity contribution is 5.92. The molecule has 4 nitrogen and oxygen atoms in total. The van der Waals surface area contributed by atoms with Crippen LogP contribution in [-0.2, 0) is 4.79 Å². The molecule has 1 amide bonds. The van der Waals surface area contributed by atoms with Crippen LogP contribution < -0.4 is 10.1 Å². The first-order valence-electron chi connectivity index (χ1n) is 7.16. The van der Waals surface area contributed by atoms with Gasteiger partial charge in [-0.1, -0.05) is 24.3 Å². The predicted octanol–water partition coefficient (Wildman–Crippen LogP) is 3.82. The lowest BCUT2D eigenvalue weighted by Crippen LogP contribution is -2.25. The second-order valence-corrected chi connectivity index (χ2v) is 4.90. The summed E-state index contributed by atoms with van der Waals surface area (Å²) in [5.74, 6) is -0.952. The zero-order chi connectivity index (χ0) is 18.2. The van der Waals surface area contributed by atoms with Crippen molar-refractivity contribution >= 4 is 12.0 Å². The minimum atomic E-state index is -2.90. The number of halogens is 3. The Labute approximate surface area is 142 Å². The van der Waals surface area contributed by atoms with E-state index in [4.69, 9.17) is 5.26 Å². The van der Waals surface area contributed by atoms with E-state index in [0.717, 1.165) is 0 Å². The van der Waals surface area contributed by atoms with Crippen molar-refractivity contribution in [2.45, 2.75) is 12.7 Å². The van der Waals surface area contributed by atoms with Gasteiger partial charge in [0.25, 0.3) is 0 Å². The van der Waals surface area contributed by atoms with Crippen molar-refractivity contribution < 1.29 is 22.7 Å². The van der Waals surface area contributed by atoms with Crippen molar-refractivity contribution in [3.63, 3.8) is 0 Å². The van der Waals surface area contributed by atoms with Crippen LogP contribution in [0.25, 0.3) is 6.08 Å². The van der Waals surface area contributed by atoms with E-state index in [-0.39, 0.29) is 5.75 Å². The molecule has 0 aliphatic heterocycles.